The molecule has 5 aromatic rings. The molecule has 164 valence electrons. The van der Waals surface area contributed by atoms with Crippen molar-refractivity contribution in [1.29, 1.82) is 0 Å². The molecular weight excluding hydrogens is 426 g/mol. The van der Waals surface area contributed by atoms with Gasteiger partial charge in [-0.05, 0) is 68.2 Å². The van der Waals surface area contributed by atoms with Crippen LogP contribution in [0, 0.1) is 0 Å². The molecule has 0 atom stereocenters. The Balaban J connectivity index is 1.78. The monoisotopic (exact) mass is 453 g/mol. The van der Waals surface area contributed by atoms with Crippen LogP contribution >= 0.6 is 0 Å². The average Bonchev–Trinajstić information content (AvgIpc) is 3.19. The predicted molar refractivity (Wildman–Crippen MR) is 148 cm³/mol. The minimum absolute atomic E-state index is 0.931. The summed E-state index contributed by atoms with van der Waals surface area (Å²) in [6.45, 7) is 0.931. The third kappa shape index (κ3) is 3.47. The molecule has 0 fully saturated rings. The summed E-state index contributed by atoms with van der Waals surface area (Å²) in [6.07, 6.45) is 0. The van der Waals surface area contributed by atoms with Crippen molar-refractivity contribution in [2.45, 2.75) is 6.54 Å². The van der Waals surface area contributed by atoms with E-state index in [1.807, 2.05) is 0 Å². The fraction of sp³-hybridized carbons (Fsp3) is 0.0938. The van der Waals surface area contributed by atoms with Crippen LogP contribution in [0.3, 0.4) is 0 Å². The predicted octanol–water partition coefficient (Wildman–Crippen LogP) is 5.34. The van der Waals surface area contributed by atoms with E-state index in [-0.39, 0.29) is 0 Å². The van der Waals surface area contributed by atoms with E-state index >= 15 is 0 Å². The van der Waals surface area contributed by atoms with Gasteiger partial charge in [0.1, 0.15) is 0 Å². The van der Waals surface area contributed by atoms with Gasteiger partial charge in [-0.25, -0.2) is 0 Å². The average molecular weight is 454 g/mol. The lowest BCUT2D eigenvalue weighted by Crippen LogP contribution is -2.41. The number of hydrogen-bond acceptors (Lipinski definition) is 1. The van der Waals surface area contributed by atoms with E-state index in [1.165, 1.54) is 54.1 Å². The maximum atomic E-state index is 2.39. The first-order valence-corrected chi connectivity index (χ1v) is 13.4. The molecule has 1 aliphatic carbocycles. The molecule has 1 nitrogen and oxygen atoms in total. The van der Waals surface area contributed by atoms with Crippen LogP contribution in [-0.4, -0.2) is 32.6 Å². The second kappa shape index (κ2) is 8.64. The molecule has 0 aliphatic heterocycles. The van der Waals surface area contributed by atoms with Crippen molar-refractivity contribution in [2.24, 2.45) is 0 Å². The summed E-state index contributed by atoms with van der Waals surface area (Å²) in [5.74, 6) is 0. The van der Waals surface area contributed by atoms with E-state index in [4.69, 9.17) is 0 Å². The van der Waals surface area contributed by atoms with E-state index in [0.29, 0.717) is 0 Å². The fourth-order valence-corrected chi connectivity index (χ4v) is 8.61. The van der Waals surface area contributed by atoms with Crippen molar-refractivity contribution in [1.82, 2.24) is 4.90 Å². The zero-order valence-corrected chi connectivity index (χ0v) is 20.6. The molecule has 0 radical (unpaired) electrons. The van der Waals surface area contributed by atoms with Gasteiger partial charge in [-0.15, -0.1) is 0 Å². The lowest BCUT2D eigenvalue weighted by atomic mass is 10.0. The van der Waals surface area contributed by atoms with Crippen LogP contribution in [0.2, 0.25) is 0 Å². The topological polar surface area (TPSA) is 3.24 Å². The standard InChI is InChI=1S/C32H27NSi/c1-33(2)22-24-14-10-12-23-13-11-21-30(31(23)24)34(25-15-4-3-5-16-25)32-28-19-8-6-17-26(28)27-18-7-9-20-29(27)32/h3-21H,22H2,1-2H3. The number of hydrogen-bond donors (Lipinski definition) is 0. The highest BCUT2D eigenvalue weighted by atomic mass is 28.2. The van der Waals surface area contributed by atoms with Crippen LogP contribution in [0.15, 0.2) is 115 Å². The summed E-state index contributed by atoms with van der Waals surface area (Å²) in [4.78, 5) is 2.27. The number of benzene rings is 5. The quantitative estimate of drug-likeness (QED) is 0.326. The van der Waals surface area contributed by atoms with E-state index in [2.05, 4.69) is 134 Å². The van der Waals surface area contributed by atoms with Crippen molar-refractivity contribution in [2.75, 3.05) is 14.1 Å². The molecule has 2 heteroatoms. The van der Waals surface area contributed by atoms with Crippen LogP contribution < -0.4 is 10.4 Å². The normalized spacial score (nSPS) is 12.1. The van der Waals surface area contributed by atoms with Gasteiger partial charge in [-0.3, -0.25) is 0 Å². The summed E-state index contributed by atoms with van der Waals surface area (Å²) in [7, 11) is 3.03. The second-order valence-corrected chi connectivity index (χ2v) is 11.6. The Bertz CT molecular complexity index is 1490. The van der Waals surface area contributed by atoms with Crippen molar-refractivity contribution in [3.05, 3.63) is 132 Å². The Morgan fingerprint density at radius 3 is 1.74 bits per heavy atom. The largest absolute Gasteiger partial charge is 0.305 e. The molecule has 0 N–H and O–H groups in total. The first kappa shape index (κ1) is 21.0. The zero-order chi connectivity index (χ0) is 23.1. The number of fused-ring (bicyclic) bond motifs is 4. The Labute approximate surface area is 203 Å². The second-order valence-electron chi connectivity index (χ2n) is 9.27. The first-order valence-electron chi connectivity index (χ1n) is 11.9. The van der Waals surface area contributed by atoms with E-state index in [9.17, 15) is 0 Å². The minimum atomic E-state index is -1.29. The zero-order valence-electron chi connectivity index (χ0n) is 19.6. The number of rotatable bonds is 4. The summed E-state index contributed by atoms with van der Waals surface area (Å²) in [5, 5.41) is 7.17. The lowest BCUT2D eigenvalue weighted by molar-refractivity contribution is 0.404. The van der Waals surface area contributed by atoms with E-state index in [0.717, 1.165) is 6.54 Å². The van der Waals surface area contributed by atoms with Gasteiger partial charge >= 0.3 is 0 Å². The van der Waals surface area contributed by atoms with Crippen LogP contribution in [0.25, 0.3) is 21.9 Å². The number of nitrogens with zero attached hydrogens (tertiary/aromatic N) is 1. The smallest absolute Gasteiger partial charge is 0.0899 e. The minimum Gasteiger partial charge on any atom is -0.305 e. The lowest BCUT2D eigenvalue weighted by Gasteiger charge is -2.19. The Hall–Kier alpha value is -3.59. The molecule has 6 rings (SSSR count). The Morgan fingerprint density at radius 1 is 0.559 bits per heavy atom. The van der Waals surface area contributed by atoms with Crippen molar-refractivity contribution >= 4 is 34.7 Å². The van der Waals surface area contributed by atoms with Crippen LogP contribution in [0.5, 0.6) is 0 Å². The van der Waals surface area contributed by atoms with E-state index < -0.39 is 8.41 Å². The van der Waals surface area contributed by atoms with E-state index in [1.54, 1.807) is 0 Å². The molecule has 0 aromatic heterocycles. The third-order valence-electron chi connectivity index (χ3n) is 6.74. The van der Waals surface area contributed by atoms with Crippen molar-refractivity contribution < 1.29 is 0 Å². The summed E-state index contributed by atoms with van der Waals surface area (Å²) in [5.41, 5.74) is 6.91. The van der Waals surface area contributed by atoms with Crippen LogP contribution in [-0.2, 0) is 6.54 Å². The van der Waals surface area contributed by atoms with Gasteiger partial charge in [-0.1, -0.05) is 115 Å². The maximum absolute atomic E-state index is 2.39. The van der Waals surface area contributed by atoms with Gasteiger partial charge in [0.2, 0.25) is 0 Å². The van der Waals surface area contributed by atoms with Gasteiger partial charge in [0.05, 0.1) is 8.41 Å². The van der Waals surface area contributed by atoms with Gasteiger partial charge in [0.25, 0.3) is 0 Å². The molecule has 0 unspecified atom stereocenters. The SMILES string of the molecule is CN(C)Cc1cccc2cccc([Si](=C3c4ccccc4-c4ccccc43)c3ccccc3)c12. The van der Waals surface area contributed by atoms with Crippen LogP contribution in [0.4, 0.5) is 0 Å². The Morgan fingerprint density at radius 2 is 1.12 bits per heavy atom. The third-order valence-corrected chi connectivity index (χ3v) is 9.65. The molecule has 0 saturated carbocycles. The molecule has 5 aromatic carbocycles. The van der Waals surface area contributed by atoms with Crippen molar-refractivity contribution in [3.8, 4) is 11.1 Å². The highest BCUT2D eigenvalue weighted by Crippen LogP contribution is 2.36. The van der Waals surface area contributed by atoms with Gasteiger partial charge in [0.15, 0.2) is 0 Å². The van der Waals surface area contributed by atoms with Crippen molar-refractivity contribution in [3.63, 3.8) is 0 Å². The highest BCUT2D eigenvalue weighted by Gasteiger charge is 2.28. The highest BCUT2D eigenvalue weighted by molar-refractivity contribution is 6.97. The molecule has 34 heavy (non-hydrogen) atoms. The summed E-state index contributed by atoms with van der Waals surface area (Å²) >= 11 is 0. The molecule has 1 aliphatic rings. The maximum Gasteiger partial charge on any atom is 0.0899 e. The first-order chi connectivity index (χ1) is 16.7. The van der Waals surface area contributed by atoms with Gasteiger partial charge in [0, 0.05) is 6.54 Å². The summed E-state index contributed by atoms with van der Waals surface area (Å²) in [6, 6.07) is 42.8. The van der Waals surface area contributed by atoms with Gasteiger partial charge in [-0.2, -0.15) is 0 Å². The van der Waals surface area contributed by atoms with Gasteiger partial charge < -0.3 is 4.90 Å². The Kier molecular flexibility index (Phi) is 5.33. The molecule has 0 spiro atoms. The van der Waals surface area contributed by atoms with Crippen LogP contribution in [0.1, 0.15) is 16.7 Å². The molecule has 0 bridgehead atoms. The molecule has 0 amide bonds. The molecule has 0 heterocycles. The molecular formula is C32H27NSi. The molecule has 0 saturated heterocycles. The fourth-order valence-electron chi connectivity index (χ4n) is 5.43. The summed E-state index contributed by atoms with van der Waals surface area (Å²) < 4.78 is 0.